The Balaban J connectivity index is 1.40. The lowest BCUT2D eigenvalue weighted by Crippen LogP contribution is -2.36. The van der Waals surface area contributed by atoms with E-state index in [1.54, 1.807) is 0 Å². The molecule has 4 heteroatoms. The lowest BCUT2D eigenvalue weighted by atomic mass is 9.88. The fraction of sp³-hybridized carbons (Fsp3) is 0.727. The van der Waals surface area contributed by atoms with E-state index in [9.17, 15) is 9.59 Å². The second-order valence-electron chi connectivity index (χ2n) is 8.77. The van der Waals surface area contributed by atoms with Crippen molar-refractivity contribution < 1.29 is 19.1 Å². The minimum atomic E-state index is -0.744. The summed E-state index contributed by atoms with van der Waals surface area (Å²) >= 11 is 0. The van der Waals surface area contributed by atoms with Gasteiger partial charge in [-0.05, 0) is 56.8 Å². The summed E-state index contributed by atoms with van der Waals surface area (Å²) in [6, 6.07) is 0. The van der Waals surface area contributed by atoms with Crippen molar-refractivity contribution in [2.75, 3.05) is 0 Å². The number of unbranched alkanes of at least 4 members (excludes halogenated alkanes) is 2. The molecule has 0 aromatic rings. The van der Waals surface area contributed by atoms with E-state index >= 15 is 0 Å². The Morgan fingerprint density at radius 1 is 0.962 bits per heavy atom. The third kappa shape index (κ3) is 3.12. The van der Waals surface area contributed by atoms with E-state index in [4.69, 9.17) is 9.47 Å². The van der Waals surface area contributed by atoms with E-state index in [0.717, 1.165) is 57.8 Å². The zero-order chi connectivity index (χ0) is 18.2. The number of ether oxygens (including phenoxy) is 2. The van der Waals surface area contributed by atoms with Crippen LogP contribution in [-0.2, 0) is 19.1 Å². The number of allylic oxidation sites excluding steroid dienone is 2. The van der Waals surface area contributed by atoms with E-state index < -0.39 is 17.1 Å². The Hall–Kier alpha value is -1.58. The van der Waals surface area contributed by atoms with E-state index in [2.05, 4.69) is 19.1 Å². The Morgan fingerprint density at radius 3 is 1.85 bits per heavy atom. The van der Waals surface area contributed by atoms with Crippen molar-refractivity contribution in [3.05, 3.63) is 24.3 Å². The predicted octanol–water partition coefficient (Wildman–Crippen LogP) is 4.69. The van der Waals surface area contributed by atoms with Gasteiger partial charge in [0.2, 0.25) is 6.29 Å². The molecule has 0 amide bonds. The first-order valence-electron chi connectivity index (χ1n) is 10.4. The normalized spacial score (nSPS) is 37.3. The molecule has 0 spiro atoms. The summed E-state index contributed by atoms with van der Waals surface area (Å²) in [6.07, 6.45) is 16.8. The molecule has 142 valence electrons. The molecule has 4 rings (SSSR count). The molecule has 4 bridgehead atoms. The highest BCUT2D eigenvalue weighted by atomic mass is 16.7. The van der Waals surface area contributed by atoms with Crippen molar-refractivity contribution in [3.8, 4) is 0 Å². The second-order valence-corrected chi connectivity index (χ2v) is 8.77. The molecule has 0 saturated heterocycles. The van der Waals surface area contributed by atoms with Crippen LogP contribution in [-0.4, -0.2) is 18.2 Å². The smallest absolute Gasteiger partial charge is 0.319 e. The zero-order valence-corrected chi connectivity index (χ0v) is 15.7. The van der Waals surface area contributed by atoms with Gasteiger partial charge >= 0.3 is 11.9 Å². The standard InChI is InChI=1S/C22H30O4/c1-2-3-4-5-18(25-19(23)21-10-6-16(14-21)7-11-21)26-20(24)22-12-8-17(15-22)9-13-22/h6,8,10,12,16-18H,2-5,7,9,11,13-15H2,1H3. The maximum Gasteiger partial charge on any atom is 0.319 e. The van der Waals surface area contributed by atoms with Gasteiger partial charge in [-0.25, -0.2) is 0 Å². The fourth-order valence-electron chi connectivity index (χ4n) is 5.18. The van der Waals surface area contributed by atoms with Crippen LogP contribution in [0.25, 0.3) is 0 Å². The number of fused-ring (bicyclic) bond motifs is 4. The molecule has 0 aromatic heterocycles. The van der Waals surface area contributed by atoms with Gasteiger partial charge in [-0.2, -0.15) is 0 Å². The minimum Gasteiger partial charge on any atom is -0.425 e. The first-order valence-corrected chi connectivity index (χ1v) is 10.4. The van der Waals surface area contributed by atoms with E-state index in [1.165, 1.54) is 0 Å². The summed E-state index contributed by atoms with van der Waals surface area (Å²) in [7, 11) is 0. The summed E-state index contributed by atoms with van der Waals surface area (Å²) in [5.41, 5.74) is -0.936. The highest BCUT2D eigenvalue weighted by Crippen LogP contribution is 2.51. The molecule has 26 heavy (non-hydrogen) atoms. The van der Waals surface area contributed by atoms with Crippen molar-refractivity contribution in [1.29, 1.82) is 0 Å². The highest BCUT2D eigenvalue weighted by molar-refractivity contribution is 5.82. The van der Waals surface area contributed by atoms with Crippen LogP contribution < -0.4 is 0 Å². The SMILES string of the molecule is CCCCCC(OC(=O)C12C=CC(CC1)C2)OC(=O)C12C=CC(CC1)C2. The van der Waals surface area contributed by atoms with E-state index in [1.807, 2.05) is 12.2 Å². The quantitative estimate of drug-likeness (QED) is 0.273. The molecular weight excluding hydrogens is 328 g/mol. The number of hydrogen-bond acceptors (Lipinski definition) is 4. The molecule has 2 saturated carbocycles. The molecule has 2 fully saturated rings. The van der Waals surface area contributed by atoms with Crippen LogP contribution in [0.5, 0.6) is 0 Å². The number of carbonyl (C=O) groups excluding carboxylic acids is 2. The van der Waals surface area contributed by atoms with Crippen molar-refractivity contribution in [2.24, 2.45) is 22.7 Å². The molecule has 0 aliphatic heterocycles. The number of hydrogen-bond donors (Lipinski definition) is 0. The maximum atomic E-state index is 12.8. The number of esters is 2. The molecule has 0 aromatic carbocycles. The molecule has 4 atom stereocenters. The number of rotatable bonds is 8. The van der Waals surface area contributed by atoms with Gasteiger partial charge in [0.25, 0.3) is 0 Å². The molecule has 0 N–H and O–H groups in total. The van der Waals surface area contributed by atoms with Crippen molar-refractivity contribution in [2.45, 2.75) is 77.4 Å². The molecule has 4 unspecified atom stereocenters. The fourth-order valence-corrected chi connectivity index (χ4v) is 5.18. The lowest BCUT2D eigenvalue weighted by molar-refractivity contribution is -0.199. The minimum absolute atomic E-state index is 0.202. The summed E-state index contributed by atoms with van der Waals surface area (Å²) < 4.78 is 11.6. The molecule has 0 radical (unpaired) electrons. The summed E-state index contributed by atoms with van der Waals surface area (Å²) in [5, 5.41) is 0. The third-order valence-corrected chi connectivity index (χ3v) is 6.88. The first kappa shape index (κ1) is 17.8. The van der Waals surface area contributed by atoms with Gasteiger partial charge in [0, 0.05) is 6.42 Å². The van der Waals surface area contributed by atoms with Gasteiger partial charge in [0.05, 0.1) is 10.8 Å². The van der Waals surface area contributed by atoms with Crippen molar-refractivity contribution in [1.82, 2.24) is 0 Å². The predicted molar refractivity (Wildman–Crippen MR) is 97.9 cm³/mol. The molecule has 0 heterocycles. The summed E-state index contributed by atoms with van der Waals surface area (Å²) in [5.74, 6) is 0.627. The van der Waals surface area contributed by atoms with Crippen LogP contribution in [0.1, 0.15) is 71.1 Å². The first-order chi connectivity index (χ1) is 12.6. The maximum absolute atomic E-state index is 12.8. The Morgan fingerprint density at radius 2 is 1.50 bits per heavy atom. The zero-order valence-electron chi connectivity index (χ0n) is 15.7. The van der Waals surface area contributed by atoms with Gasteiger partial charge in [0.15, 0.2) is 0 Å². The lowest BCUT2D eigenvalue weighted by Gasteiger charge is -2.28. The average Bonchev–Trinajstić information content (AvgIpc) is 3.42. The van der Waals surface area contributed by atoms with Gasteiger partial charge in [-0.1, -0.05) is 44.1 Å². The van der Waals surface area contributed by atoms with Gasteiger partial charge in [-0.15, -0.1) is 0 Å². The van der Waals surface area contributed by atoms with Gasteiger partial charge in [0.1, 0.15) is 0 Å². The third-order valence-electron chi connectivity index (χ3n) is 6.88. The van der Waals surface area contributed by atoms with Crippen molar-refractivity contribution >= 4 is 11.9 Å². The molecule has 4 aliphatic rings. The Kier molecular flexibility index (Phi) is 4.70. The largest absolute Gasteiger partial charge is 0.425 e. The van der Waals surface area contributed by atoms with Crippen molar-refractivity contribution in [3.63, 3.8) is 0 Å². The van der Waals surface area contributed by atoms with E-state index in [-0.39, 0.29) is 11.9 Å². The van der Waals surface area contributed by atoms with Crippen LogP contribution in [0, 0.1) is 22.7 Å². The average molecular weight is 358 g/mol. The van der Waals surface area contributed by atoms with Crippen LogP contribution >= 0.6 is 0 Å². The monoisotopic (exact) mass is 358 g/mol. The van der Waals surface area contributed by atoms with Gasteiger partial charge in [-0.3, -0.25) is 9.59 Å². The molecule has 4 nitrogen and oxygen atoms in total. The Bertz CT molecular complexity index is 586. The Labute approximate surface area is 156 Å². The van der Waals surface area contributed by atoms with Crippen LogP contribution in [0.15, 0.2) is 24.3 Å². The van der Waals surface area contributed by atoms with Crippen LogP contribution in [0.3, 0.4) is 0 Å². The van der Waals surface area contributed by atoms with Crippen LogP contribution in [0.4, 0.5) is 0 Å². The highest BCUT2D eigenvalue weighted by Gasteiger charge is 2.50. The topological polar surface area (TPSA) is 52.6 Å². The summed E-state index contributed by atoms with van der Waals surface area (Å²) in [6.45, 7) is 2.13. The van der Waals surface area contributed by atoms with Crippen LogP contribution in [0.2, 0.25) is 0 Å². The molecule has 4 aliphatic carbocycles. The summed E-state index contributed by atoms with van der Waals surface area (Å²) in [4.78, 5) is 25.7. The van der Waals surface area contributed by atoms with E-state index in [0.29, 0.717) is 18.3 Å². The number of carbonyl (C=O) groups is 2. The second kappa shape index (κ2) is 6.86. The molecular formula is C22H30O4. The van der Waals surface area contributed by atoms with Gasteiger partial charge < -0.3 is 9.47 Å².